The summed E-state index contributed by atoms with van der Waals surface area (Å²) < 4.78 is 27.4. The summed E-state index contributed by atoms with van der Waals surface area (Å²) in [5.41, 5.74) is 6.21. The van der Waals surface area contributed by atoms with Gasteiger partial charge in [0.2, 0.25) is 0 Å². The molecule has 1 fully saturated rings. The Morgan fingerprint density at radius 2 is 2.00 bits per heavy atom. The molecule has 0 heterocycles. The summed E-state index contributed by atoms with van der Waals surface area (Å²) in [6.07, 6.45) is 4.75. The zero-order chi connectivity index (χ0) is 14.7. The maximum atomic E-state index is 14.0. The van der Waals surface area contributed by atoms with Crippen molar-refractivity contribution in [3.05, 3.63) is 35.4 Å². The van der Waals surface area contributed by atoms with E-state index < -0.39 is 11.6 Å². The Kier molecular flexibility index (Phi) is 5.11. The second-order valence-electron chi connectivity index (χ2n) is 5.89. The van der Waals surface area contributed by atoms with Crippen LogP contribution in [0.3, 0.4) is 0 Å². The van der Waals surface area contributed by atoms with Crippen molar-refractivity contribution < 1.29 is 8.78 Å². The summed E-state index contributed by atoms with van der Waals surface area (Å²) in [7, 11) is 1.98. The fourth-order valence-electron chi connectivity index (χ4n) is 3.42. The van der Waals surface area contributed by atoms with Crippen molar-refractivity contribution in [2.75, 3.05) is 13.6 Å². The van der Waals surface area contributed by atoms with Crippen molar-refractivity contribution in [2.24, 2.45) is 11.7 Å². The van der Waals surface area contributed by atoms with Gasteiger partial charge in [0.05, 0.1) is 6.04 Å². The van der Waals surface area contributed by atoms with E-state index >= 15 is 0 Å². The number of rotatable bonds is 4. The normalized spacial score (nSPS) is 24.9. The minimum atomic E-state index is -0.800. The molecular formula is C16H24F2N2. The van der Waals surface area contributed by atoms with Gasteiger partial charge in [-0.2, -0.15) is 0 Å². The van der Waals surface area contributed by atoms with Crippen molar-refractivity contribution in [3.63, 3.8) is 0 Å². The highest BCUT2D eigenvalue weighted by Gasteiger charge is 2.31. The lowest BCUT2D eigenvalue weighted by molar-refractivity contribution is 0.0972. The van der Waals surface area contributed by atoms with E-state index in [1.165, 1.54) is 19.3 Å². The number of nitrogens with zero attached hydrogens (tertiary/aromatic N) is 1. The molecule has 0 saturated heterocycles. The fourth-order valence-corrected chi connectivity index (χ4v) is 3.42. The molecule has 2 N–H and O–H groups in total. The van der Waals surface area contributed by atoms with Crippen LogP contribution in [0, 0.1) is 17.6 Å². The molecule has 0 radical (unpaired) electrons. The average Bonchev–Trinajstić information content (AvgIpc) is 2.44. The molecule has 0 bridgehead atoms. The molecule has 20 heavy (non-hydrogen) atoms. The predicted molar refractivity (Wildman–Crippen MR) is 77.3 cm³/mol. The third-order valence-corrected chi connectivity index (χ3v) is 4.64. The molecule has 112 valence electrons. The van der Waals surface area contributed by atoms with Gasteiger partial charge >= 0.3 is 0 Å². The number of halogens is 2. The van der Waals surface area contributed by atoms with Crippen LogP contribution in [0.25, 0.3) is 0 Å². The molecule has 2 nitrogen and oxygen atoms in total. The number of hydrogen-bond acceptors (Lipinski definition) is 2. The second-order valence-corrected chi connectivity index (χ2v) is 5.89. The van der Waals surface area contributed by atoms with E-state index in [-0.39, 0.29) is 6.04 Å². The van der Waals surface area contributed by atoms with Gasteiger partial charge in [-0.1, -0.05) is 31.9 Å². The molecule has 1 saturated carbocycles. The molecule has 4 heteroatoms. The number of likely N-dealkylation sites (N-methyl/N-ethyl adjacent to an activating group) is 1. The summed E-state index contributed by atoms with van der Waals surface area (Å²) in [4.78, 5) is 2.14. The number of benzene rings is 1. The molecule has 0 spiro atoms. The molecule has 2 rings (SSSR count). The summed E-state index contributed by atoms with van der Waals surface area (Å²) in [6.45, 7) is 2.52. The molecule has 0 amide bonds. The van der Waals surface area contributed by atoms with E-state index in [0.717, 1.165) is 12.5 Å². The second kappa shape index (κ2) is 6.64. The lowest BCUT2D eigenvalue weighted by Gasteiger charge is -2.40. The highest BCUT2D eigenvalue weighted by atomic mass is 19.2. The highest BCUT2D eigenvalue weighted by Crippen LogP contribution is 2.33. The van der Waals surface area contributed by atoms with Crippen LogP contribution in [0.1, 0.15) is 44.2 Å². The molecule has 0 aromatic heterocycles. The summed E-state index contributed by atoms with van der Waals surface area (Å²) in [5, 5.41) is 0. The number of hydrogen-bond donors (Lipinski definition) is 1. The van der Waals surface area contributed by atoms with Gasteiger partial charge in [-0.15, -0.1) is 0 Å². The van der Waals surface area contributed by atoms with Gasteiger partial charge in [0.1, 0.15) is 0 Å². The molecule has 3 atom stereocenters. The third-order valence-electron chi connectivity index (χ3n) is 4.64. The molecule has 1 aromatic rings. The van der Waals surface area contributed by atoms with Gasteiger partial charge < -0.3 is 5.73 Å². The van der Waals surface area contributed by atoms with Crippen LogP contribution >= 0.6 is 0 Å². The van der Waals surface area contributed by atoms with Crippen molar-refractivity contribution in [2.45, 2.75) is 44.7 Å². The summed E-state index contributed by atoms with van der Waals surface area (Å²) >= 11 is 0. The Balaban J connectivity index is 2.24. The first-order chi connectivity index (χ1) is 9.56. The van der Waals surface area contributed by atoms with Gasteiger partial charge in [-0.25, -0.2) is 8.78 Å². The smallest absolute Gasteiger partial charge is 0.163 e. The van der Waals surface area contributed by atoms with Gasteiger partial charge in [-0.3, -0.25) is 4.90 Å². The Bertz CT molecular complexity index is 450. The molecule has 1 aliphatic rings. The average molecular weight is 282 g/mol. The first-order valence-electron chi connectivity index (χ1n) is 7.42. The molecule has 3 unspecified atom stereocenters. The summed E-state index contributed by atoms with van der Waals surface area (Å²) in [6, 6.07) is 4.46. The Morgan fingerprint density at radius 1 is 1.30 bits per heavy atom. The topological polar surface area (TPSA) is 29.3 Å². The molecule has 0 aliphatic heterocycles. The fraction of sp³-hybridized carbons (Fsp3) is 0.625. The van der Waals surface area contributed by atoms with Crippen LogP contribution < -0.4 is 5.73 Å². The minimum absolute atomic E-state index is 0.267. The van der Waals surface area contributed by atoms with Crippen LogP contribution in [-0.2, 0) is 0 Å². The monoisotopic (exact) mass is 282 g/mol. The van der Waals surface area contributed by atoms with Gasteiger partial charge in [0, 0.05) is 18.2 Å². The quantitative estimate of drug-likeness (QED) is 0.916. The van der Waals surface area contributed by atoms with Gasteiger partial charge in [0.25, 0.3) is 0 Å². The zero-order valence-corrected chi connectivity index (χ0v) is 12.3. The molecule has 1 aromatic carbocycles. The lowest BCUT2D eigenvalue weighted by Crippen LogP contribution is -2.43. The number of nitrogens with two attached hydrogens (primary N) is 1. The van der Waals surface area contributed by atoms with Crippen LogP contribution in [0.4, 0.5) is 8.78 Å². The Hall–Kier alpha value is -1.00. The van der Waals surface area contributed by atoms with Crippen LogP contribution in [0.5, 0.6) is 0 Å². The molecule has 1 aliphatic carbocycles. The van der Waals surface area contributed by atoms with Gasteiger partial charge in [-0.05, 0) is 31.9 Å². The van der Waals surface area contributed by atoms with Gasteiger partial charge in [0.15, 0.2) is 11.6 Å². The zero-order valence-electron chi connectivity index (χ0n) is 12.3. The first-order valence-corrected chi connectivity index (χ1v) is 7.42. The van der Waals surface area contributed by atoms with Crippen molar-refractivity contribution in [1.82, 2.24) is 4.90 Å². The van der Waals surface area contributed by atoms with Crippen LogP contribution in [-0.4, -0.2) is 24.5 Å². The minimum Gasteiger partial charge on any atom is -0.329 e. The van der Waals surface area contributed by atoms with Crippen molar-refractivity contribution in [1.29, 1.82) is 0 Å². The SMILES string of the molecule is CC1CCCCC1N(C)C(CN)c1cccc(F)c1F. The Labute approximate surface area is 120 Å². The Morgan fingerprint density at radius 3 is 2.65 bits per heavy atom. The first kappa shape index (κ1) is 15.4. The predicted octanol–water partition coefficient (Wildman–Crippen LogP) is 3.48. The van der Waals surface area contributed by atoms with Crippen molar-refractivity contribution >= 4 is 0 Å². The van der Waals surface area contributed by atoms with E-state index in [2.05, 4.69) is 11.8 Å². The summed E-state index contributed by atoms with van der Waals surface area (Å²) in [5.74, 6) is -0.997. The maximum Gasteiger partial charge on any atom is 0.163 e. The van der Waals surface area contributed by atoms with Crippen LogP contribution in [0.2, 0.25) is 0 Å². The van der Waals surface area contributed by atoms with E-state index in [0.29, 0.717) is 24.1 Å². The molecular weight excluding hydrogens is 258 g/mol. The van der Waals surface area contributed by atoms with Crippen molar-refractivity contribution in [3.8, 4) is 0 Å². The van der Waals surface area contributed by atoms with E-state index in [4.69, 9.17) is 5.73 Å². The lowest BCUT2D eigenvalue weighted by atomic mass is 9.84. The highest BCUT2D eigenvalue weighted by molar-refractivity contribution is 5.23. The van der Waals surface area contributed by atoms with E-state index in [1.807, 2.05) is 7.05 Å². The van der Waals surface area contributed by atoms with E-state index in [9.17, 15) is 8.78 Å². The van der Waals surface area contributed by atoms with Crippen LogP contribution in [0.15, 0.2) is 18.2 Å². The maximum absolute atomic E-state index is 14.0. The largest absolute Gasteiger partial charge is 0.329 e. The van der Waals surface area contributed by atoms with E-state index in [1.54, 1.807) is 12.1 Å². The third kappa shape index (κ3) is 3.01. The standard InChI is InChI=1S/C16H24F2N2/c1-11-6-3-4-9-14(11)20(2)15(10-19)12-7-5-8-13(17)16(12)18/h5,7-8,11,14-15H,3-4,6,9-10,19H2,1-2H3.